The normalized spacial score (nSPS) is 12.8. The smallest absolute Gasteiger partial charge is 0.160 e. The minimum absolute atomic E-state index is 0.0692. The molecule has 2 aromatic rings. The second-order valence-corrected chi connectivity index (χ2v) is 4.46. The van der Waals surface area contributed by atoms with Crippen molar-refractivity contribution in [2.45, 2.75) is 12.3 Å². The summed E-state index contributed by atoms with van der Waals surface area (Å²) in [5, 5.41) is -0.674. The van der Waals surface area contributed by atoms with Gasteiger partial charge in [-0.3, -0.25) is 0 Å². The zero-order chi connectivity index (χ0) is 12.6. The Morgan fingerprint density at radius 1 is 1.24 bits per heavy atom. The molecule has 0 aliphatic carbocycles. The molecule has 17 heavy (non-hydrogen) atoms. The van der Waals surface area contributed by atoms with Crippen LogP contribution in [0.2, 0.25) is 5.02 Å². The Hall–Kier alpha value is -1.06. The quantitative estimate of drug-likeness (QED) is 0.565. The first-order valence-corrected chi connectivity index (χ1v) is 5.64. The molecule has 2 rings (SSSR count). The lowest BCUT2D eigenvalue weighted by Crippen LogP contribution is -1.97. The number of hydrogen-bond donors (Lipinski definition) is 0. The molecular formula is C12H8Cl2F2O. The second kappa shape index (κ2) is 4.67. The Labute approximate surface area is 107 Å². The zero-order valence-electron chi connectivity index (χ0n) is 8.81. The molecule has 1 aromatic carbocycles. The molecule has 90 valence electrons. The van der Waals surface area contributed by atoms with E-state index in [2.05, 4.69) is 0 Å². The zero-order valence-corrected chi connectivity index (χ0v) is 10.3. The van der Waals surface area contributed by atoms with Gasteiger partial charge in [0.15, 0.2) is 11.6 Å². The van der Waals surface area contributed by atoms with Gasteiger partial charge < -0.3 is 4.42 Å². The van der Waals surface area contributed by atoms with Gasteiger partial charge in [-0.15, -0.1) is 11.6 Å². The molecule has 0 amide bonds. The van der Waals surface area contributed by atoms with Gasteiger partial charge in [0, 0.05) is 5.02 Å². The molecule has 0 fully saturated rings. The third-order valence-corrected chi connectivity index (χ3v) is 3.21. The van der Waals surface area contributed by atoms with Gasteiger partial charge in [-0.25, -0.2) is 8.78 Å². The third kappa shape index (κ3) is 2.31. The van der Waals surface area contributed by atoms with E-state index in [0.29, 0.717) is 5.76 Å². The summed E-state index contributed by atoms with van der Waals surface area (Å²) < 4.78 is 31.3. The van der Waals surface area contributed by atoms with Gasteiger partial charge in [0.2, 0.25) is 0 Å². The highest BCUT2D eigenvalue weighted by Crippen LogP contribution is 2.36. The fraction of sp³-hybridized carbons (Fsp3) is 0.167. The topological polar surface area (TPSA) is 13.1 Å². The van der Waals surface area contributed by atoms with Gasteiger partial charge in [0.25, 0.3) is 0 Å². The van der Waals surface area contributed by atoms with Crippen molar-refractivity contribution in [2.24, 2.45) is 0 Å². The highest BCUT2D eigenvalue weighted by atomic mass is 35.5. The van der Waals surface area contributed by atoms with Crippen LogP contribution in [0.4, 0.5) is 8.78 Å². The van der Waals surface area contributed by atoms with Crippen molar-refractivity contribution in [3.63, 3.8) is 0 Å². The van der Waals surface area contributed by atoms with Crippen molar-refractivity contribution in [3.05, 3.63) is 58.0 Å². The molecule has 0 bridgehead atoms. The molecule has 0 aliphatic rings. The summed E-state index contributed by atoms with van der Waals surface area (Å²) in [5.41, 5.74) is 1.11. The Balaban J connectivity index is 2.48. The summed E-state index contributed by atoms with van der Waals surface area (Å²) in [5.74, 6) is -1.52. The standard InChI is InChI=1S/C12H8Cl2F2O/c1-6-2-3-17-12(6)11(14)7-4-9(15)10(16)5-8(7)13/h2-5,11H,1H3. The Morgan fingerprint density at radius 2 is 1.88 bits per heavy atom. The predicted molar refractivity (Wildman–Crippen MR) is 62.5 cm³/mol. The summed E-state index contributed by atoms with van der Waals surface area (Å²) in [7, 11) is 0. The maximum absolute atomic E-state index is 13.1. The minimum atomic E-state index is -1.00. The van der Waals surface area contributed by atoms with Crippen molar-refractivity contribution in [2.75, 3.05) is 0 Å². The number of hydrogen-bond acceptors (Lipinski definition) is 1. The first-order chi connectivity index (χ1) is 8.00. The van der Waals surface area contributed by atoms with Crippen molar-refractivity contribution in [3.8, 4) is 0 Å². The Kier molecular flexibility index (Phi) is 3.40. The predicted octanol–water partition coefficient (Wildman–Crippen LogP) is 4.85. The van der Waals surface area contributed by atoms with E-state index in [4.69, 9.17) is 27.6 Å². The first kappa shape index (κ1) is 12.4. The van der Waals surface area contributed by atoms with Crippen molar-refractivity contribution >= 4 is 23.2 Å². The van der Waals surface area contributed by atoms with Gasteiger partial charge in [-0.1, -0.05) is 11.6 Å². The van der Waals surface area contributed by atoms with Crippen LogP contribution in [-0.4, -0.2) is 0 Å². The lowest BCUT2D eigenvalue weighted by atomic mass is 10.1. The van der Waals surface area contributed by atoms with Gasteiger partial charge in [0.1, 0.15) is 11.1 Å². The average molecular weight is 277 g/mol. The van der Waals surface area contributed by atoms with E-state index in [1.807, 2.05) is 6.92 Å². The maximum atomic E-state index is 13.1. The monoisotopic (exact) mass is 276 g/mol. The lowest BCUT2D eigenvalue weighted by Gasteiger charge is -2.11. The van der Waals surface area contributed by atoms with E-state index in [9.17, 15) is 8.78 Å². The number of benzene rings is 1. The second-order valence-electron chi connectivity index (χ2n) is 3.62. The van der Waals surface area contributed by atoms with Crippen LogP contribution in [0, 0.1) is 18.6 Å². The summed E-state index contributed by atoms with van der Waals surface area (Å²) in [6.07, 6.45) is 1.48. The van der Waals surface area contributed by atoms with Crippen LogP contribution in [0.3, 0.4) is 0 Å². The van der Waals surface area contributed by atoms with E-state index in [0.717, 1.165) is 17.7 Å². The molecule has 1 aromatic heterocycles. The largest absolute Gasteiger partial charge is 0.467 e. The highest BCUT2D eigenvalue weighted by Gasteiger charge is 2.21. The van der Waals surface area contributed by atoms with Crippen LogP contribution in [0.15, 0.2) is 28.9 Å². The van der Waals surface area contributed by atoms with Crippen LogP contribution < -0.4 is 0 Å². The molecule has 1 nitrogen and oxygen atoms in total. The van der Waals surface area contributed by atoms with E-state index in [1.54, 1.807) is 6.07 Å². The molecule has 1 atom stereocenters. The number of furan rings is 1. The van der Waals surface area contributed by atoms with Gasteiger partial charge in [0.05, 0.1) is 6.26 Å². The summed E-state index contributed by atoms with van der Waals surface area (Å²) in [6.45, 7) is 1.81. The van der Waals surface area contributed by atoms with E-state index >= 15 is 0 Å². The highest BCUT2D eigenvalue weighted by molar-refractivity contribution is 6.33. The van der Waals surface area contributed by atoms with Crippen LogP contribution in [0.5, 0.6) is 0 Å². The van der Waals surface area contributed by atoms with E-state index < -0.39 is 17.0 Å². The van der Waals surface area contributed by atoms with Crippen LogP contribution in [-0.2, 0) is 0 Å². The number of rotatable bonds is 2. The molecule has 0 radical (unpaired) electrons. The maximum Gasteiger partial charge on any atom is 0.160 e. The van der Waals surface area contributed by atoms with Crippen LogP contribution in [0.25, 0.3) is 0 Å². The van der Waals surface area contributed by atoms with Crippen LogP contribution in [0.1, 0.15) is 22.3 Å². The molecule has 5 heteroatoms. The molecule has 0 aliphatic heterocycles. The minimum Gasteiger partial charge on any atom is -0.467 e. The average Bonchev–Trinajstić information content (AvgIpc) is 2.69. The molecule has 1 unspecified atom stereocenters. The number of aryl methyl sites for hydroxylation is 1. The van der Waals surface area contributed by atoms with Crippen molar-refractivity contribution < 1.29 is 13.2 Å². The number of halogens is 4. The van der Waals surface area contributed by atoms with Gasteiger partial charge >= 0.3 is 0 Å². The Morgan fingerprint density at radius 3 is 2.47 bits per heavy atom. The summed E-state index contributed by atoms with van der Waals surface area (Å²) in [4.78, 5) is 0. The van der Waals surface area contributed by atoms with E-state index in [1.165, 1.54) is 6.26 Å². The molecule has 0 spiro atoms. The van der Waals surface area contributed by atoms with Crippen molar-refractivity contribution in [1.82, 2.24) is 0 Å². The molecule has 0 saturated heterocycles. The molecule has 1 heterocycles. The SMILES string of the molecule is Cc1ccoc1C(Cl)c1cc(F)c(F)cc1Cl. The molecule has 0 N–H and O–H groups in total. The fourth-order valence-electron chi connectivity index (χ4n) is 1.52. The third-order valence-electron chi connectivity index (χ3n) is 2.44. The van der Waals surface area contributed by atoms with E-state index in [-0.39, 0.29) is 10.6 Å². The molecular weight excluding hydrogens is 269 g/mol. The summed E-state index contributed by atoms with van der Waals surface area (Å²) in [6, 6.07) is 3.62. The van der Waals surface area contributed by atoms with Crippen LogP contribution >= 0.6 is 23.2 Å². The summed E-state index contributed by atoms with van der Waals surface area (Å²) >= 11 is 12.0. The molecule has 0 saturated carbocycles. The Bertz CT molecular complexity index is 551. The van der Waals surface area contributed by atoms with Gasteiger partial charge in [-0.05, 0) is 36.2 Å². The number of alkyl halides is 1. The first-order valence-electron chi connectivity index (χ1n) is 4.83. The van der Waals surface area contributed by atoms with Gasteiger partial charge in [-0.2, -0.15) is 0 Å². The lowest BCUT2D eigenvalue weighted by molar-refractivity contribution is 0.500. The fourth-order valence-corrected chi connectivity index (χ4v) is 2.24. The van der Waals surface area contributed by atoms with Crippen molar-refractivity contribution in [1.29, 1.82) is 0 Å².